The number of alkyl halides is 3. The summed E-state index contributed by atoms with van der Waals surface area (Å²) in [4.78, 5) is 14.9. The third-order valence-corrected chi connectivity index (χ3v) is 2.73. The lowest BCUT2D eigenvalue weighted by atomic mass is 10.0. The average molecular weight is 254 g/mol. The molecule has 0 fully saturated rings. The number of hydrogen-bond acceptors (Lipinski definition) is 2. The van der Waals surface area contributed by atoms with Gasteiger partial charge in [0.2, 0.25) is 0 Å². The van der Waals surface area contributed by atoms with Crippen molar-refractivity contribution in [2.75, 3.05) is 0 Å². The molecule has 94 valence electrons. The van der Waals surface area contributed by atoms with Crippen LogP contribution in [0.25, 0.3) is 10.9 Å². The largest absolute Gasteiger partial charge is 0.416 e. The number of hydrogen-bond donors (Lipinski definition) is 1. The first-order valence-electron chi connectivity index (χ1n) is 5.07. The van der Waals surface area contributed by atoms with Crippen LogP contribution in [-0.4, -0.2) is 10.9 Å². The molecule has 2 rings (SSSR count). The van der Waals surface area contributed by atoms with Crippen molar-refractivity contribution in [2.24, 2.45) is 5.73 Å². The van der Waals surface area contributed by atoms with E-state index in [4.69, 9.17) is 5.73 Å². The molecule has 0 saturated heterocycles. The van der Waals surface area contributed by atoms with E-state index in [0.29, 0.717) is 10.9 Å². The van der Waals surface area contributed by atoms with Gasteiger partial charge in [-0.2, -0.15) is 13.2 Å². The Hall–Kier alpha value is -2.11. The highest BCUT2D eigenvalue weighted by Gasteiger charge is 2.30. The molecule has 1 amide bonds. The topological polar surface area (TPSA) is 56.0 Å². The molecule has 1 aromatic heterocycles. The average Bonchev–Trinajstić information content (AvgIpc) is 2.27. The molecule has 0 saturated carbocycles. The summed E-state index contributed by atoms with van der Waals surface area (Å²) in [5.74, 6) is -0.651. The summed E-state index contributed by atoms with van der Waals surface area (Å²) in [5, 5.41) is 0.485. The van der Waals surface area contributed by atoms with Crippen molar-refractivity contribution in [3.63, 3.8) is 0 Å². The predicted molar refractivity (Wildman–Crippen MR) is 60.0 cm³/mol. The molecule has 0 unspecified atom stereocenters. The van der Waals surface area contributed by atoms with Crippen molar-refractivity contribution < 1.29 is 18.0 Å². The number of rotatable bonds is 1. The Morgan fingerprint density at radius 1 is 1.33 bits per heavy atom. The van der Waals surface area contributed by atoms with Gasteiger partial charge in [0.25, 0.3) is 5.91 Å². The summed E-state index contributed by atoms with van der Waals surface area (Å²) >= 11 is 0. The number of fused-ring (bicyclic) bond motifs is 1. The van der Waals surface area contributed by atoms with Gasteiger partial charge in [-0.1, -0.05) is 6.07 Å². The lowest BCUT2D eigenvalue weighted by Crippen LogP contribution is -2.13. The number of primary amides is 1. The molecule has 2 aromatic rings. The number of nitrogens with two attached hydrogens (primary N) is 1. The lowest BCUT2D eigenvalue weighted by Gasteiger charge is -2.10. The third kappa shape index (κ3) is 2.01. The van der Waals surface area contributed by atoms with E-state index in [9.17, 15) is 18.0 Å². The summed E-state index contributed by atoms with van der Waals surface area (Å²) in [6.07, 6.45) is -3.22. The molecule has 18 heavy (non-hydrogen) atoms. The summed E-state index contributed by atoms with van der Waals surface area (Å²) in [6, 6.07) is 3.21. The molecule has 1 aromatic carbocycles. The van der Waals surface area contributed by atoms with E-state index in [1.165, 1.54) is 12.3 Å². The van der Waals surface area contributed by atoms with Gasteiger partial charge in [-0.05, 0) is 24.6 Å². The lowest BCUT2D eigenvalue weighted by molar-refractivity contribution is -0.137. The van der Waals surface area contributed by atoms with Crippen LogP contribution in [0, 0.1) is 6.92 Å². The standard InChI is InChI=1S/C12H9F3N2O/c1-6-8-3-2-7(12(13,14)15)4-10(8)17-5-9(6)11(16)18/h2-5H,1H3,(H2,16,18). The molecule has 0 spiro atoms. The Kier molecular flexibility index (Phi) is 2.73. The van der Waals surface area contributed by atoms with Crippen LogP contribution in [0.1, 0.15) is 21.5 Å². The first-order chi connectivity index (χ1) is 8.30. The van der Waals surface area contributed by atoms with E-state index in [0.717, 1.165) is 12.1 Å². The molecule has 3 nitrogen and oxygen atoms in total. The maximum absolute atomic E-state index is 12.5. The monoisotopic (exact) mass is 254 g/mol. The minimum absolute atomic E-state index is 0.187. The minimum Gasteiger partial charge on any atom is -0.366 e. The zero-order valence-corrected chi connectivity index (χ0v) is 9.38. The molecule has 6 heteroatoms. The maximum atomic E-state index is 12.5. The molecule has 1 heterocycles. The van der Waals surface area contributed by atoms with Crippen LogP contribution in [0.2, 0.25) is 0 Å². The van der Waals surface area contributed by atoms with Crippen LogP contribution >= 0.6 is 0 Å². The van der Waals surface area contributed by atoms with Crippen molar-refractivity contribution in [2.45, 2.75) is 13.1 Å². The number of pyridine rings is 1. The highest BCUT2D eigenvalue weighted by Crippen LogP contribution is 2.31. The number of halogens is 3. The number of carbonyl (C=O) groups is 1. The zero-order chi connectivity index (χ0) is 13.5. The fraction of sp³-hybridized carbons (Fsp3) is 0.167. The van der Waals surface area contributed by atoms with Gasteiger partial charge in [0.15, 0.2) is 0 Å². The van der Waals surface area contributed by atoms with Gasteiger partial charge < -0.3 is 5.73 Å². The van der Waals surface area contributed by atoms with Crippen molar-refractivity contribution in [3.8, 4) is 0 Å². The number of benzene rings is 1. The van der Waals surface area contributed by atoms with E-state index in [1.807, 2.05) is 0 Å². The SMILES string of the molecule is Cc1c(C(N)=O)cnc2cc(C(F)(F)F)ccc12. The second-order valence-electron chi connectivity index (χ2n) is 3.89. The molecule has 0 radical (unpaired) electrons. The maximum Gasteiger partial charge on any atom is 0.416 e. The highest BCUT2D eigenvalue weighted by atomic mass is 19.4. The molecule has 0 aliphatic heterocycles. The first-order valence-corrected chi connectivity index (χ1v) is 5.07. The number of carbonyl (C=O) groups excluding carboxylic acids is 1. The van der Waals surface area contributed by atoms with Gasteiger partial charge in [0.1, 0.15) is 0 Å². The van der Waals surface area contributed by atoms with Gasteiger partial charge in [-0.25, -0.2) is 0 Å². The number of amides is 1. The Labute approximate surface area is 100 Å². The van der Waals surface area contributed by atoms with Crippen molar-refractivity contribution >= 4 is 16.8 Å². The fourth-order valence-electron chi connectivity index (χ4n) is 1.76. The van der Waals surface area contributed by atoms with E-state index in [-0.39, 0.29) is 11.1 Å². The van der Waals surface area contributed by atoms with Crippen LogP contribution in [0.5, 0.6) is 0 Å². The first kappa shape index (κ1) is 12.3. The Morgan fingerprint density at radius 3 is 2.56 bits per heavy atom. The minimum atomic E-state index is -4.41. The summed E-state index contributed by atoms with van der Waals surface area (Å²) in [7, 11) is 0. The number of aromatic nitrogens is 1. The molecular formula is C12H9F3N2O. The van der Waals surface area contributed by atoms with Crippen molar-refractivity contribution in [3.05, 3.63) is 41.1 Å². The van der Waals surface area contributed by atoms with Crippen LogP contribution in [0.15, 0.2) is 24.4 Å². The number of aryl methyl sites for hydroxylation is 1. The molecule has 2 N–H and O–H groups in total. The van der Waals surface area contributed by atoms with Crippen LogP contribution in [0.4, 0.5) is 13.2 Å². The van der Waals surface area contributed by atoms with Crippen LogP contribution in [0.3, 0.4) is 0 Å². The molecule has 0 aliphatic carbocycles. The molecule has 0 aliphatic rings. The van der Waals surface area contributed by atoms with Gasteiger partial charge >= 0.3 is 6.18 Å². The Morgan fingerprint density at radius 2 is 2.00 bits per heavy atom. The second-order valence-corrected chi connectivity index (χ2v) is 3.89. The van der Waals surface area contributed by atoms with Crippen molar-refractivity contribution in [1.82, 2.24) is 4.98 Å². The van der Waals surface area contributed by atoms with Crippen LogP contribution in [-0.2, 0) is 6.18 Å². The van der Waals surface area contributed by atoms with Gasteiger partial charge in [-0.3, -0.25) is 9.78 Å². The quantitative estimate of drug-likeness (QED) is 0.850. The third-order valence-electron chi connectivity index (χ3n) is 2.73. The van der Waals surface area contributed by atoms with E-state index >= 15 is 0 Å². The smallest absolute Gasteiger partial charge is 0.366 e. The Balaban J connectivity index is 2.69. The summed E-state index contributed by atoms with van der Waals surface area (Å²) in [5.41, 5.74) is 5.30. The van der Waals surface area contributed by atoms with Crippen LogP contribution < -0.4 is 5.73 Å². The molecular weight excluding hydrogens is 245 g/mol. The van der Waals surface area contributed by atoms with E-state index in [2.05, 4.69) is 4.98 Å². The normalized spacial score (nSPS) is 11.8. The molecule has 0 bridgehead atoms. The van der Waals surface area contributed by atoms with Gasteiger partial charge in [-0.15, -0.1) is 0 Å². The van der Waals surface area contributed by atoms with Gasteiger partial charge in [0.05, 0.1) is 16.6 Å². The van der Waals surface area contributed by atoms with Crippen molar-refractivity contribution in [1.29, 1.82) is 0 Å². The number of nitrogens with zero attached hydrogens (tertiary/aromatic N) is 1. The predicted octanol–water partition coefficient (Wildman–Crippen LogP) is 2.66. The van der Waals surface area contributed by atoms with E-state index < -0.39 is 17.6 Å². The highest BCUT2D eigenvalue weighted by molar-refractivity contribution is 5.99. The van der Waals surface area contributed by atoms with Gasteiger partial charge in [0, 0.05) is 11.6 Å². The van der Waals surface area contributed by atoms with E-state index in [1.54, 1.807) is 6.92 Å². The zero-order valence-electron chi connectivity index (χ0n) is 9.38. The second kappa shape index (κ2) is 3.97. The fourth-order valence-corrected chi connectivity index (χ4v) is 1.76. The molecule has 0 atom stereocenters. The summed E-state index contributed by atoms with van der Waals surface area (Å²) in [6.45, 7) is 1.62. The summed E-state index contributed by atoms with van der Waals surface area (Å²) < 4.78 is 37.6. The Bertz CT molecular complexity index is 635.